The quantitative estimate of drug-likeness (QED) is 0.534. The van der Waals surface area contributed by atoms with Gasteiger partial charge < -0.3 is 14.1 Å². The first-order chi connectivity index (χ1) is 14.2. The number of carbonyl (C=O) groups excluding carboxylic acids is 1. The van der Waals surface area contributed by atoms with Crippen LogP contribution in [-0.2, 0) is 11.2 Å². The Balaban J connectivity index is 1.34. The number of carbonyl (C=O) groups is 1. The molecule has 29 heavy (non-hydrogen) atoms. The van der Waals surface area contributed by atoms with Crippen LogP contribution in [0, 0.1) is 0 Å². The van der Waals surface area contributed by atoms with Gasteiger partial charge in [-0.3, -0.25) is 9.20 Å². The summed E-state index contributed by atoms with van der Waals surface area (Å²) in [5, 5.41) is 9.61. The molecule has 0 bridgehead atoms. The second-order valence-corrected chi connectivity index (χ2v) is 7.47. The Hall–Kier alpha value is -3.35. The van der Waals surface area contributed by atoms with Crippen LogP contribution in [0.2, 0.25) is 0 Å². The number of nitrogens with zero attached hydrogens (tertiary/aromatic N) is 4. The van der Waals surface area contributed by atoms with Gasteiger partial charge in [0.05, 0.1) is 19.8 Å². The number of benzene rings is 1. The average Bonchev–Trinajstić information content (AvgIpc) is 3.37. The van der Waals surface area contributed by atoms with Gasteiger partial charge in [0, 0.05) is 42.2 Å². The monoisotopic (exact) mass is 390 g/mol. The highest BCUT2D eigenvalue weighted by molar-refractivity contribution is 5.88. The van der Waals surface area contributed by atoms with E-state index in [-0.39, 0.29) is 11.8 Å². The molecule has 4 aromatic rings. The molecule has 1 unspecified atom stereocenters. The molecule has 0 N–H and O–H groups in total. The molecule has 0 aliphatic carbocycles. The zero-order valence-electron chi connectivity index (χ0n) is 16.2. The number of likely N-dealkylation sites (tertiary alicyclic amines) is 1. The average molecular weight is 390 g/mol. The van der Waals surface area contributed by atoms with E-state index < -0.39 is 0 Å². The highest BCUT2D eigenvalue weighted by Gasteiger charge is 2.28. The number of methoxy groups -OCH3 is 1. The maximum atomic E-state index is 13.0. The molecule has 0 radical (unpaired) electrons. The predicted molar refractivity (Wildman–Crippen MR) is 108 cm³/mol. The highest BCUT2D eigenvalue weighted by atomic mass is 16.5. The van der Waals surface area contributed by atoms with E-state index in [0.717, 1.165) is 53.1 Å². The lowest BCUT2D eigenvalue weighted by atomic mass is 9.96. The Morgan fingerprint density at radius 3 is 3.10 bits per heavy atom. The molecule has 0 saturated carbocycles. The van der Waals surface area contributed by atoms with Gasteiger partial charge >= 0.3 is 0 Å². The van der Waals surface area contributed by atoms with Crippen molar-refractivity contribution in [3.05, 3.63) is 60.2 Å². The van der Waals surface area contributed by atoms with E-state index in [1.165, 1.54) is 0 Å². The number of furan rings is 1. The van der Waals surface area contributed by atoms with Crippen molar-refractivity contribution in [2.24, 2.45) is 0 Å². The van der Waals surface area contributed by atoms with Gasteiger partial charge in [-0.05, 0) is 37.1 Å². The van der Waals surface area contributed by atoms with Crippen LogP contribution in [0.25, 0.3) is 16.6 Å². The minimum Gasteiger partial charge on any atom is -0.497 e. The van der Waals surface area contributed by atoms with Crippen molar-refractivity contribution in [1.82, 2.24) is 19.5 Å². The molecular formula is C22H22N4O3. The number of pyridine rings is 1. The summed E-state index contributed by atoms with van der Waals surface area (Å²) < 4.78 is 12.9. The molecule has 1 saturated heterocycles. The lowest BCUT2D eigenvalue weighted by molar-refractivity contribution is -0.131. The van der Waals surface area contributed by atoms with Crippen molar-refractivity contribution < 1.29 is 13.9 Å². The number of aromatic nitrogens is 3. The Labute approximate surface area is 167 Å². The third kappa shape index (κ3) is 3.22. The second kappa shape index (κ2) is 7.24. The van der Waals surface area contributed by atoms with E-state index in [0.29, 0.717) is 13.0 Å². The molecule has 1 aromatic carbocycles. The number of hydrogen-bond donors (Lipinski definition) is 0. The van der Waals surface area contributed by atoms with Crippen LogP contribution in [0.3, 0.4) is 0 Å². The molecule has 3 aromatic heterocycles. The predicted octanol–water partition coefficient (Wildman–Crippen LogP) is 3.43. The standard InChI is InChI=1S/C22H22N4O3/c1-28-17-7-8-18-16(14-29-19(18)12-17)11-21(27)25-9-4-5-15(13-25)22-24-23-20-6-2-3-10-26(20)22/h2-3,6-8,10,12,14-15H,4-5,9,11,13H2,1H3. The maximum Gasteiger partial charge on any atom is 0.227 e. The van der Waals surface area contributed by atoms with Gasteiger partial charge in [0.25, 0.3) is 0 Å². The van der Waals surface area contributed by atoms with Crippen molar-refractivity contribution in [3.8, 4) is 5.75 Å². The highest BCUT2D eigenvalue weighted by Crippen LogP contribution is 2.29. The molecule has 7 nitrogen and oxygen atoms in total. The van der Waals surface area contributed by atoms with Crippen LogP contribution < -0.4 is 4.74 Å². The van der Waals surface area contributed by atoms with Gasteiger partial charge in [-0.2, -0.15) is 0 Å². The molecule has 7 heteroatoms. The lowest BCUT2D eigenvalue weighted by Gasteiger charge is -2.32. The van der Waals surface area contributed by atoms with Crippen molar-refractivity contribution in [3.63, 3.8) is 0 Å². The fourth-order valence-corrected chi connectivity index (χ4v) is 4.15. The molecule has 0 spiro atoms. The van der Waals surface area contributed by atoms with Gasteiger partial charge in [0.15, 0.2) is 5.65 Å². The van der Waals surface area contributed by atoms with E-state index in [1.54, 1.807) is 13.4 Å². The summed E-state index contributed by atoms with van der Waals surface area (Å²) in [5.41, 5.74) is 2.48. The number of piperidine rings is 1. The van der Waals surface area contributed by atoms with E-state index in [9.17, 15) is 4.79 Å². The molecule has 148 valence electrons. The molecule has 5 rings (SSSR count). The lowest BCUT2D eigenvalue weighted by Crippen LogP contribution is -2.40. The number of rotatable bonds is 4. The summed E-state index contributed by atoms with van der Waals surface area (Å²) in [6, 6.07) is 11.6. The fourth-order valence-electron chi connectivity index (χ4n) is 4.15. The molecule has 1 aliphatic rings. The molecule has 1 fully saturated rings. The third-order valence-corrected chi connectivity index (χ3v) is 5.68. The first-order valence-electron chi connectivity index (χ1n) is 9.84. The number of amides is 1. The maximum absolute atomic E-state index is 13.0. The largest absolute Gasteiger partial charge is 0.497 e. The minimum absolute atomic E-state index is 0.113. The Bertz CT molecular complexity index is 1180. The summed E-state index contributed by atoms with van der Waals surface area (Å²) in [5.74, 6) is 1.97. The first-order valence-corrected chi connectivity index (χ1v) is 9.84. The summed E-state index contributed by atoms with van der Waals surface area (Å²) >= 11 is 0. The second-order valence-electron chi connectivity index (χ2n) is 7.47. The molecule has 4 heterocycles. The third-order valence-electron chi connectivity index (χ3n) is 5.68. The van der Waals surface area contributed by atoms with Crippen LogP contribution in [-0.4, -0.2) is 45.6 Å². The van der Waals surface area contributed by atoms with Crippen LogP contribution in [0.4, 0.5) is 0 Å². The van der Waals surface area contributed by atoms with Crippen LogP contribution >= 0.6 is 0 Å². The smallest absolute Gasteiger partial charge is 0.227 e. The molecule has 1 atom stereocenters. The Morgan fingerprint density at radius 2 is 2.21 bits per heavy atom. The van der Waals surface area contributed by atoms with Gasteiger partial charge in [-0.15, -0.1) is 10.2 Å². The van der Waals surface area contributed by atoms with E-state index in [4.69, 9.17) is 9.15 Å². The van der Waals surface area contributed by atoms with Gasteiger partial charge in [0.2, 0.25) is 5.91 Å². The summed E-state index contributed by atoms with van der Waals surface area (Å²) in [4.78, 5) is 15.0. The number of fused-ring (bicyclic) bond motifs is 2. The Morgan fingerprint density at radius 1 is 1.28 bits per heavy atom. The first kappa shape index (κ1) is 17.7. The summed E-state index contributed by atoms with van der Waals surface area (Å²) in [7, 11) is 1.62. The SMILES string of the molecule is COc1ccc2c(CC(=O)N3CCCC(c4nnc5ccccn45)C3)coc2c1. The Kier molecular flexibility index (Phi) is 4.42. The fraction of sp³-hybridized carbons (Fsp3) is 0.318. The zero-order chi connectivity index (χ0) is 19.8. The molecule has 1 amide bonds. The molecular weight excluding hydrogens is 368 g/mol. The topological polar surface area (TPSA) is 72.9 Å². The summed E-state index contributed by atoms with van der Waals surface area (Å²) in [6.07, 6.45) is 5.95. The van der Waals surface area contributed by atoms with Crippen molar-refractivity contribution in [1.29, 1.82) is 0 Å². The number of ether oxygens (including phenoxy) is 1. The van der Waals surface area contributed by atoms with Gasteiger partial charge in [-0.25, -0.2) is 0 Å². The van der Waals surface area contributed by atoms with E-state index >= 15 is 0 Å². The zero-order valence-corrected chi connectivity index (χ0v) is 16.2. The van der Waals surface area contributed by atoms with Gasteiger partial charge in [0.1, 0.15) is 17.2 Å². The van der Waals surface area contributed by atoms with Crippen molar-refractivity contribution in [2.45, 2.75) is 25.2 Å². The minimum atomic E-state index is 0.113. The van der Waals surface area contributed by atoms with Crippen LogP contribution in [0.5, 0.6) is 5.75 Å². The normalized spacial score (nSPS) is 17.1. The van der Waals surface area contributed by atoms with Crippen molar-refractivity contribution >= 4 is 22.5 Å². The number of hydrogen-bond acceptors (Lipinski definition) is 5. The van der Waals surface area contributed by atoms with Crippen molar-refractivity contribution in [2.75, 3.05) is 20.2 Å². The molecule has 1 aliphatic heterocycles. The van der Waals surface area contributed by atoms with Gasteiger partial charge in [-0.1, -0.05) is 6.07 Å². The van der Waals surface area contributed by atoms with Crippen LogP contribution in [0.1, 0.15) is 30.1 Å². The summed E-state index contributed by atoms with van der Waals surface area (Å²) in [6.45, 7) is 1.44. The van der Waals surface area contributed by atoms with E-state index in [1.807, 2.05) is 51.9 Å². The van der Waals surface area contributed by atoms with Crippen LogP contribution in [0.15, 0.2) is 53.3 Å². The van der Waals surface area contributed by atoms with E-state index in [2.05, 4.69) is 10.2 Å².